The smallest absolute Gasteiger partial charge is 0.335 e. The van der Waals surface area contributed by atoms with Crippen LogP contribution in [0.25, 0.3) is 0 Å². The predicted octanol–water partition coefficient (Wildman–Crippen LogP) is 1.13. The Morgan fingerprint density at radius 1 is 1.04 bits per heavy atom. The van der Waals surface area contributed by atoms with Crippen molar-refractivity contribution in [3.63, 3.8) is 0 Å². The zero-order valence-corrected chi connectivity index (χ0v) is 15.5. The second-order valence-corrected chi connectivity index (χ2v) is 9.24. The standard InChI is InChI=1S/C16H18N2O6S2/c1-18(14-7-3-2-4-8-14)25(21,22)11-10-17-26(23,24)15-9-5-6-13(12-15)16(19)20/h2-9,12,17H,10-11H2,1H3,(H,19,20). The van der Waals surface area contributed by atoms with E-state index in [0.29, 0.717) is 5.69 Å². The SMILES string of the molecule is CN(c1ccccc1)S(=O)(=O)CCNS(=O)(=O)c1cccc(C(=O)O)c1. The minimum absolute atomic E-state index is 0.177. The molecule has 0 spiro atoms. The first-order chi connectivity index (χ1) is 12.1. The quantitative estimate of drug-likeness (QED) is 0.688. The van der Waals surface area contributed by atoms with E-state index in [4.69, 9.17) is 5.11 Å². The maximum absolute atomic E-state index is 12.3. The van der Waals surface area contributed by atoms with Crippen molar-refractivity contribution >= 4 is 31.7 Å². The molecule has 2 N–H and O–H groups in total. The minimum Gasteiger partial charge on any atom is -0.478 e. The molecule has 0 bridgehead atoms. The summed E-state index contributed by atoms with van der Waals surface area (Å²) >= 11 is 0. The third-order valence-electron chi connectivity index (χ3n) is 3.58. The first-order valence-electron chi connectivity index (χ1n) is 7.48. The van der Waals surface area contributed by atoms with Gasteiger partial charge in [-0.15, -0.1) is 0 Å². The van der Waals surface area contributed by atoms with Gasteiger partial charge in [0.2, 0.25) is 20.0 Å². The molecule has 0 heterocycles. The molecule has 0 unspecified atom stereocenters. The van der Waals surface area contributed by atoms with Crippen LogP contribution in [0, 0.1) is 0 Å². The molecule has 0 saturated carbocycles. The monoisotopic (exact) mass is 398 g/mol. The van der Waals surface area contributed by atoms with Crippen molar-refractivity contribution in [2.24, 2.45) is 0 Å². The second-order valence-electron chi connectivity index (χ2n) is 5.35. The van der Waals surface area contributed by atoms with E-state index < -0.39 is 31.8 Å². The molecule has 0 aliphatic carbocycles. The number of aromatic carboxylic acids is 1. The van der Waals surface area contributed by atoms with Crippen LogP contribution in [-0.4, -0.2) is 47.3 Å². The molecule has 0 saturated heterocycles. The summed E-state index contributed by atoms with van der Waals surface area (Å²) in [7, 11) is -6.37. The van der Waals surface area contributed by atoms with Gasteiger partial charge in [-0.25, -0.2) is 26.4 Å². The Hall–Kier alpha value is -2.43. The molecular formula is C16H18N2O6S2. The summed E-state index contributed by atoms with van der Waals surface area (Å²) in [4.78, 5) is 10.7. The molecule has 2 aromatic rings. The molecule has 0 atom stereocenters. The molecule has 2 aromatic carbocycles. The van der Waals surface area contributed by atoms with Crippen LogP contribution in [0.5, 0.6) is 0 Å². The van der Waals surface area contributed by atoms with Gasteiger partial charge in [0.1, 0.15) is 0 Å². The lowest BCUT2D eigenvalue weighted by molar-refractivity contribution is 0.0696. The van der Waals surface area contributed by atoms with Crippen LogP contribution < -0.4 is 9.03 Å². The Balaban J connectivity index is 2.06. The molecule has 10 heteroatoms. The van der Waals surface area contributed by atoms with E-state index in [0.717, 1.165) is 10.4 Å². The van der Waals surface area contributed by atoms with Crippen molar-refractivity contribution in [2.75, 3.05) is 23.7 Å². The van der Waals surface area contributed by atoms with E-state index in [2.05, 4.69) is 4.72 Å². The van der Waals surface area contributed by atoms with Crippen molar-refractivity contribution in [3.05, 3.63) is 60.2 Å². The molecule has 0 aromatic heterocycles. The summed E-state index contributed by atoms with van der Waals surface area (Å²) in [6, 6.07) is 13.2. The van der Waals surface area contributed by atoms with Crippen LogP contribution in [-0.2, 0) is 20.0 Å². The van der Waals surface area contributed by atoms with Gasteiger partial charge < -0.3 is 5.11 Å². The summed E-state index contributed by atoms with van der Waals surface area (Å²) in [6.45, 7) is -0.348. The molecule has 2 rings (SSSR count). The van der Waals surface area contributed by atoms with E-state index >= 15 is 0 Å². The van der Waals surface area contributed by atoms with Crippen molar-refractivity contribution in [1.29, 1.82) is 0 Å². The Labute approximate surface area is 152 Å². The number of para-hydroxylation sites is 1. The number of hydrogen-bond acceptors (Lipinski definition) is 5. The topological polar surface area (TPSA) is 121 Å². The maximum Gasteiger partial charge on any atom is 0.335 e. The molecule has 8 nitrogen and oxygen atoms in total. The molecular weight excluding hydrogens is 380 g/mol. The van der Waals surface area contributed by atoms with Crippen molar-refractivity contribution in [1.82, 2.24) is 4.72 Å². The number of benzene rings is 2. The largest absolute Gasteiger partial charge is 0.478 e. The number of nitrogens with zero attached hydrogens (tertiary/aromatic N) is 1. The average molecular weight is 398 g/mol. The zero-order chi connectivity index (χ0) is 19.4. The number of hydrogen-bond donors (Lipinski definition) is 2. The van der Waals surface area contributed by atoms with Gasteiger partial charge in [0, 0.05) is 13.6 Å². The lowest BCUT2D eigenvalue weighted by Crippen LogP contribution is -2.35. The Kier molecular flexibility index (Phi) is 6.01. The number of carboxylic acids is 1. The summed E-state index contributed by atoms with van der Waals surface area (Å²) in [5.41, 5.74) is 0.286. The average Bonchev–Trinajstić information content (AvgIpc) is 2.61. The lowest BCUT2D eigenvalue weighted by Gasteiger charge is -2.19. The van der Waals surface area contributed by atoms with Crippen LogP contribution in [0.1, 0.15) is 10.4 Å². The van der Waals surface area contributed by atoms with Crippen LogP contribution in [0.2, 0.25) is 0 Å². The number of anilines is 1. The van der Waals surface area contributed by atoms with Crippen molar-refractivity contribution in [3.8, 4) is 0 Å². The van der Waals surface area contributed by atoms with Crippen LogP contribution in [0.4, 0.5) is 5.69 Å². The van der Waals surface area contributed by atoms with Gasteiger partial charge in [-0.2, -0.15) is 0 Å². The fourth-order valence-corrected chi connectivity index (χ4v) is 4.40. The second kappa shape index (κ2) is 7.85. The number of rotatable bonds is 8. The Morgan fingerprint density at radius 3 is 2.31 bits per heavy atom. The minimum atomic E-state index is -4.03. The maximum atomic E-state index is 12.3. The number of carboxylic acid groups (broad SMARTS) is 1. The number of sulfonamides is 2. The van der Waals surface area contributed by atoms with E-state index in [1.165, 1.54) is 25.2 Å². The van der Waals surface area contributed by atoms with Gasteiger partial charge in [0.15, 0.2) is 0 Å². The molecule has 0 amide bonds. The molecule has 0 fully saturated rings. The highest BCUT2D eigenvalue weighted by Crippen LogP contribution is 2.15. The highest BCUT2D eigenvalue weighted by Gasteiger charge is 2.21. The van der Waals surface area contributed by atoms with Crippen LogP contribution in [0.15, 0.2) is 59.5 Å². The summed E-state index contributed by atoms with van der Waals surface area (Å²) < 4.78 is 52.3. The van der Waals surface area contributed by atoms with E-state index in [1.54, 1.807) is 30.3 Å². The molecule has 140 valence electrons. The van der Waals surface area contributed by atoms with Crippen molar-refractivity contribution < 1.29 is 26.7 Å². The third-order valence-corrected chi connectivity index (χ3v) is 6.80. The fourth-order valence-electron chi connectivity index (χ4n) is 2.12. The van der Waals surface area contributed by atoms with Gasteiger partial charge in [-0.1, -0.05) is 24.3 Å². The molecule has 26 heavy (non-hydrogen) atoms. The fraction of sp³-hybridized carbons (Fsp3) is 0.188. The molecule has 0 aliphatic rings. The normalized spacial score (nSPS) is 11.9. The number of nitrogens with one attached hydrogen (secondary N) is 1. The third kappa shape index (κ3) is 4.81. The van der Waals surface area contributed by atoms with Gasteiger partial charge >= 0.3 is 5.97 Å². The Bertz CT molecular complexity index is 988. The number of carbonyl (C=O) groups is 1. The first-order valence-corrected chi connectivity index (χ1v) is 10.6. The van der Waals surface area contributed by atoms with E-state index in [-0.39, 0.29) is 17.0 Å². The van der Waals surface area contributed by atoms with Gasteiger partial charge in [0.05, 0.1) is 21.9 Å². The van der Waals surface area contributed by atoms with E-state index in [9.17, 15) is 21.6 Å². The molecule has 0 radical (unpaired) electrons. The first kappa shape index (κ1) is 19.9. The zero-order valence-electron chi connectivity index (χ0n) is 13.9. The van der Waals surface area contributed by atoms with E-state index in [1.807, 2.05) is 0 Å². The Morgan fingerprint density at radius 2 is 1.69 bits per heavy atom. The highest BCUT2D eigenvalue weighted by molar-refractivity contribution is 7.93. The van der Waals surface area contributed by atoms with Crippen LogP contribution in [0.3, 0.4) is 0 Å². The van der Waals surface area contributed by atoms with Gasteiger partial charge in [-0.3, -0.25) is 4.31 Å². The lowest BCUT2D eigenvalue weighted by atomic mass is 10.2. The summed E-state index contributed by atoms with van der Waals surface area (Å²) in [5.74, 6) is -1.70. The molecule has 0 aliphatic heterocycles. The van der Waals surface area contributed by atoms with Crippen LogP contribution >= 0.6 is 0 Å². The van der Waals surface area contributed by atoms with Gasteiger partial charge in [-0.05, 0) is 30.3 Å². The summed E-state index contributed by atoms with van der Waals surface area (Å²) in [6.07, 6.45) is 0. The van der Waals surface area contributed by atoms with Crippen molar-refractivity contribution in [2.45, 2.75) is 4.90 Å². The van der Waals surface area contributed by atoms with Gasteiger partial charge in [0.25, 0.3) is 0 Å². The summed E-state index contributed by atoms with van der Waals surface area (Å²) in [5, 5.41) is 8.93. The predicted molar refractivity (Wildman–Crippen MR) is 97.2 cm³/mol. The highest BCUT2D eigenvalue weighted by atomic mass is 32.2.